The molecular weight excluding hydrogens is 298 g/mol. The second-order valence-electron chi connectivity index (χ2n) is 4.87. The summed E-state index contributed by atoms with van der Waals surface area (Å²) in [5, 5.41) is 2.06. The summed E-state index contributed by atoms with van der Waals surface area (Å²) in [6.45, 7) is 0.279. The van der Waals surface area contributed by atoms with Crippen LogP contribution in [-0.2, 0) is 0 Å². The molecule has 1 aliphatic heterocycles. The lowest BCUT2D eigenvalue weighted by Gasteiger charge is -2.06. The van der Waals surface area contributed by atoms with E-state index in [0.717, 1.165) is 39.6 Å². The van der Waals surface area contributed by atoms with E-state index in [1.54, 1.807) is 7.11 Å². The van der Waals surface area contributed by atoms with E-state index in [0.29, 0.717) is 0 Å². The molecule has 0 bridgehead atoms. The van der Waals surface area contributed by atoms with Gasteiger partial charge in [-0.25, -0.2) is 0 Å². The number of benzene rings is 2. The van der Waals surface area contributed by atoms with Gasteiger partial charge in [-0.2, -0.15) is 4.37 Å². The Morgan fingerprint density at radius 1 is 1.00 bits per heavy atom. The van der Waals surface area contributed by atoms with Gasteiger partial charge in [0.15, 0.2) is 11.5 Å². The molecule has 2 aromatic carbocycles. The van der Waals surface area contributed by atoms with Crippen molar-refractivity contribution in [2.45, 2.75) is 0 Å². The minimum absolute atomic E-state index is 0.279. The zero-order valence-corrected chi connectivity index (χ0v) is 12.7. The van der Waals surface area contributed by atoms with Crippen LogP contribution in [0, 0.1) is 0 Å². The SMILES string of the molecule is COc1ccc(-c2csnc2-c2ccc3c(c2)OCO3)cc1. The molecule has 0 radical (unpaired) electrons. The summed E-state index contributed by atoms with van der Waals surface area (Å²) in [4.78, 5) is 0. The Morgan fingerprint density at radius 3 is 2.59 bits per heavy atom. The Hall–Kier alpha value is -2.53. The fourth-order valence-corrected chi connectivity index (χ4v) is 3.18. The molecule has 3 aromatic rings. The lowest BCUT2D eigenvalue weighted by molar-refractivity contribution is 0.174. The van der Waals surface area contributed by atoms with E-state index in [2.05, 4.69) is 9.75 Å². The number of fused-ring (bicyclic) bond motifs is 1. The van der Waals surface area contributed by atoms with E-state index in [9.17, 15) is 0 Å². The normalized spacial score (nSPS) is 12.4. The van der Waals surface area contributed by atoms with Crippen molar-refractivity contribution in [3.8, 4) is 39.6 Å². The van der Waals surface area contributed by atoms with E-state index in [1.165, 1.54) is 11.5 Å². The van der Waals surface area contributed by atoms with Gasteiger partial charge < -0.3 is 14.2 Å². The van der Waals surface area contributed by atoms with Gasteiger partial charge in [0.2, 0.25) is 6.79 Å². The molecule has 1 aromatic heterocycles. The molecule has 0 N–H and O–H groups in total. The molecule has 22 heavy (non-hydrogen) atoms. The standard InChI is InChI=1S/C17H13NO3S/c1-19-13-5-2-11(3-6-13)14-9-22-18-17(14)12-4-7-15-16(8-12)21-10-20-15/h2-9H,10H2,1H3. The third-order valence-corrected chi connectivity index (χ3v) is 4.25. The fraction of sp³-hybridized carbons (Fsp3) is 0.118. The number of hydrogen-bond acceptors (Lipinski definition) is 5. The topological polar surface area (TPSA) is 40.6 Å². The molecule has 0 saturated heterocycles. The van der Waals surface area contributed by atoms with Gasteiger partial charge in [-0.05, 0) is 47.4 Å². The first-order valence-corrected chi connectivity index (χ1v) is 7.67. The highest BCUT2D eigenvalue weighted by atomic mass is 32.1. The van der Waals surface area contributed by atoms with Crippen molar-refractivity contribution in [2.75, 3.05) is 13.9 Å². The smallest absolute Gasteiger partial charge is 0.231 e. The Morgan fingerprint density at radius 2 is 1.77 bits per heavy atom. The number of hydrogen-bond donors (Lipinski definition) is 0. The first-order chi connectivity index (χ1) is 10.8. The highest BCUT2D eigenvalue weighted by Gasteiger charge is 2.17. The van der Waals surface area contributed by atoms with E-state index >= 15 is 0 Å². The lowest BCUT2D eigenvalue weighted by Crippen LogP contribution is -1.92. The summed E-state index contributed by atoms with van der Waals surface area (Å²) in [6.07, 6.45) is 0. The van der Waals surface area contributed by atoms with Crippen LogP contribution in [0.5, 0.6) is 17.2 Å². The molecule has 0 saturated carbocycles. The number of aromatic nitrogens is 1. The molecule has 0 fully saturated rings. The Kier molecular flexibility index (Phi) is 3.20. The van der Waals surface area contributed by atoms with Crippen LogP contribution in [0.2, 0.25) is 0 Å². The van der Waals surface area contributed by atoms with Crippen LogP contribution in [0.25, 0.3) is 22.4 Å². The Balaban J connectivity index is 1.76. The fourth-order valence-electron chi connectivity index (χ4n) is 2.46. The molecule has 0 unspecified atom stereocenters. The van der Waals surface area contributed by atoms with Gasteiger partial charge in [0.25, 0.3) is 0 Å². The van der Waals surface area contributed by atoms with Crippen molar-refractivity contribution in [1.29, 1.82) is 0 Å². The van der Waals surface area contributed by atoms with Gasteiger partial charge in [-0.15, -0.1) is 0 Å². The zero-order valence-electron chi connectivity index (χ0n) is 11.9. The maximum Gasteiger partial charge on any atom is 0.231 e. The molecule has 1 aliphatic rings. The highest BCUT2D eigenvalue weighted by molar-refractivity contribution is 7.04. The van der Waals surface area contributed by atoms with Crippen molar-refractivity contribution >= 4 is 11.5 Å². The van der Waals surface area contributed by atoms with Crippen LogP contribution in [-0.4, -0.2) is 18.3 Å². The van der Waals surface area contributed by atoms with Gasteiger partial charge in [0.1, 0.15) is 5.75 Å². The predicted molar refractivity (Wildman–Crippen MR) is 85.7 cm³/mol. The number of methoxy groups -OCH3 is 1. The van der Waals surface area contributed by atoms with Crippen LogP contribution >= 0.6 is 11.5 Å². The maximum atomic E-state index is 5.45. The lowest BCUT2D eigenvalue weighted by atomic mass is 10.0. The Bertz CT molecular complexity index is 811. The second-order valence-corrected chi connectivity index (χ2v) is 5.50. The van der Waals surface area contributed by atoms with Gasteiger partial charge in [0.05, 0.1) is 12.8 Å². The highest BCUT2D eigenvalue weighted by Crippen LogP contribution is 2.39. The second kappa shape index (κ2) is 5.35. The average Bonchev–Trinajstić information content (AvgIpc) is 3.23. The Labute approximate surface area is 132 Å². The van der Waals surface area contributed by atoms with Gasteiger partial charge in [0, 0.05) is 16.5 Å². The molecule has 0 spiro atoms. The van der Waals surface area contributed by atoms with Gasteiger partial charge >= 0.3 is 0 Å². The summed E-state index contributed by atoms with van der Waals surface area (Å²) in [7, 11) is 1.67. The third-order valence-electron chi connectivity index (χ3n) is 3.62. The minimum Gasteiger partial charge on any atom is -0.497 e. The largest absolute Gasteiger partial charge is 0.497 e. The summed E-state index contributed by atoms with van der Waals surface area (Å²) in [5.74, 6) is 2.40. The van der Waals surface area contributed by atoms with Crippen molar-refractivity contribution in [3.63, 3.8) is 0 Å². The predicted octanol–water partition coefficient (Wildman–Crippen LogP) is 4.21. The van der Waals surface area contributed by atoms with Gasteiger partial charge in [-0.1, -0.05) is 12.1 Å². The molecule has 110 valence electrons. The van der Waals surface area contributed by atoms with Crippen LogP contribution in [0.15, 0.2) is 47.8 Å². The van der Waals surface area contributed by atoms with Crippen LogP contribution < -0.4 is 14.2 Å². The molecule has 4 rings (SSSR count). The van der Waals surface area contributed by atoms with E-state index in [-0.39, 0.29) is 6.79 Å². The average molecular weight is 311 g/mol. The van der Waals surface area contributed by atoms with Crippen molar-refractivity contribution in [1.82, 2.24) is 4.37 Å². The monoisotopic (exact) mass is 311 g/mol. The minimum atomic E-state index is 0.279. The summed E-state index contributed by atoms with van der Waals surface area (Å²) in [6, 6.07) is 13.9. The van der Waals surface area contributed by atoms with Crippen LogP contribution in [0.1, 0.15) is 0 Å². The van der Waals surface area contributed by atoms with Gasteiger partial charge in [-0.3, -0.25) is 0 Å². The number of nitrogens with zero attached hydrogens (tertiary/aromatic N) is 1. The molecule has 5 heteroatoms. The zero-order chi connectivity index (χ0) is 14.9. The number of ether oxygens (including phenoxy) is 3. The molecule has 4 nitrogen and oxygen atoms in total. The first kappa shape index (κ1) is 13.2. The maximum absolute atomic E-state index is 5.45. The quantitative estimate of drug-likeness (QED) is 0.726. The van der Waals surface area contributed by atoms with Crippen molar-refractivity contribution in [3.05, 3.63) is 47.8 Å². The first-order valence-electron chi connectivity index (χ1n) is 6.84. The van der Waals surface area contributed by atoms with Crippen molar-refractivity contribution in [2.24, 2.45) is 0 Å². The van der Waals surface area contributed by atoms with Crippen LogP contribution in [0.4, 0.5) is 0 Å². The number of rotatable bonds is 3. The van der Waals surface area contributed by atoms with Crippen LogP contribution in [0.3, 0.4) is 0 Å². The molecule has 0 aliphatic carbocycles. The van der Waals surface area contributed by atoms with E-state index in [1.807, 2.05) is 42.5 Å². The molecular formula is C17H13NO3S. The van der Waals surface area contributed by atoms with Crippen molar-refractivity contribution < 1.29 is 14.2 Å². The summed E-state index contributed by atoms with van der Waals surface area (Å²) < 4.78 is 20.6. The summed E-state index contributed by atoms with van der Waals surface area (Å²) in [5.41, 5.74) is 4.19. The molecule has 2 heterocycles. The third kappa shape index (κ3) is 2.19. The van der Waals surface area contributed by atoms with E-state index < -0.39 is 0 Å². The molecule has 0 atom stereocenters. The summed E-state index contributed by atoms with van der Waals surface area (Å²) >= 11 is 1.45. The molecule has 0 amide bonds. The van der Waals surface area contributed by atoms with E-state index in [4.69, 9.17) is 14.2 Å².